The molecule has 2 heteroatoms. The van der Waals surface area contributed by atoms with Crippen molar-refractivity contribution in [1.82, 2.24) is 0 Å². The fraction of sp³-hybridized carbons (Fsp3) is 0.278. The molecule has 1 nitrogen and oxygen atoms in total. The molecular weight excluding hydrogens is 268 g/mol. The van der Waals surface area contributed by atoms with Crippen molar-refractivity contribution in [1.29, 1.82) is 0 Å². The monoisotopic (exact) mass is 286 g/mol. The van der Waals surface area contributed by atoms with Crippen molar-refractivity contribution in [2.75, 3.05) is 0 Å². The van der Waals surface area contributed by atoms with Crippen molar-refractivity contribution in [2.45, 2.75) is 25.6 Å². The Morgan fingerprint density at radius 2 is 1.15 bits per heavy atom. The molecule has 0 fully saturated rings. The molecule has 0 aliphatic rings. The van der Waals surface area contributed by atoms with Crippen LogP contribution in [0, 0.1) is 5.41 Å². The van der Waals surface area contributed by atoms with Crippen LogP contribution in [0.2, 0.25) is 0 Å². The maximum absolute atomic E-state index is 13.0. The summed E-state index contributed by atoms with van der Waals surface area (Å²) in [7, 11) is 0. The van der Waals surface area contributed by atoms with E-state index in [2.05, 4.69) is 0 Å². The number of benzene rings is 2. The van der Waals surface area contributed by atoms with Crippen LogP contribution in [0.4, 0.5) is 0 Å². The van der Waals surface area contributed by atoms with E-state index in [1.54, 1.807) is 0 Å². The van der Waals surface area contributed by atoms with Gasteiger partial charge in [0.2, 0.25) is 0 Å². The van der Waals surface area contributed by atoms with Gasteiger partial charge in [0, 0.05) is 5.41 Å². The van der Waals surface area contributed by atoms with E-state index in [1.165, 1.54) is 0 Å². The lowest BCUT2D eigenvalue weighted by atomic mass is 9.76. The lowest BCUT2D eigenvalue weighted by molar-refractivity contribution is -0.128. The summed E-state index contributed by atoms with van der Waals surface area (Å²) < 4.78 is 0. The van der Waals surface area contributed by atoms with Gasteiger partial charge in [-0.05, 0) is 11.1 Å². The highest BCUT2D eigenvalue weighted by Crippen LogP contribution is 2.42. The van der Waals surface area contributed by atoms with Gasteiger partial charge >= 0.3 is 0 Å². The summed E-state index contributed by atoms with van der Waals surface area (Å²) in [4.78, 5) is 11.8. The number of hydrogen-bond donors (Lipinski definition) is 0. The summed E-state index contributed by atoms with van der Waals surface area (Å²) in [5.41, 5.74) is 1.11. The zero-order valence-electron chi connectivity index (χ0n) is 12.1. The van der Waals surface area contributed by atoms with Crippen LogP contribution in [0.3, 0.4) is 0 Å². The van der Waals surface area contributed by atoms with Gasteiger partial charge in [-0.1, -0.05) is 81.4 Å². The van der Waals surface area contributed by atoms with Crippen molar-refractivity contribution in [3.63, 3.8) is 0 Å². The van der Waals surface area contributed by atoms with Crippen LogP contribution < -0.4 is 0 Å². The fourth-order valence-electron chi connectivity index (χ4n) is 2.28. The number of rotatable bonds is 3. The van der Waals surface area contributed by atoms with Crippen LogP contribution in [-0.2, 0) is 9.67 Å². The molecule has 0 aliphatic carbocycles. The molecule has 0 aliphatic heterocycles. The lowest BCUT2D eigenvalue weighted by Crippen LogP contribution is -2.39. The molecule has 0 unspecified atom stereocenters. The Morgan fingerprint density at radius 3 is 1.45 bits per heavy atom. The van der Waals surface area contributed by atoms with E-state index in [4.69, 9.17) is 11.6 Å². The second kappa shape index (κ2) is 5.41. The first-order valence-electron chi connectivity index (χ1n) is 6.71. The predicted octanol–water partition coefficient (Wildman–Crippen LogP) is 4.78. The summed E-state index contributed by atoms with van der Waals surface area (Å²) in [5, 5.41) is 0. The summed E-state index contributed by atoms with van der Waals surface area (Å²) in [6.45, 7) is 5.70. The van der Waals surface area contributed by atoms with E-state index in [9.17, 15) is 4.79 Å². The van der Waals surface area contributed by atoms with Crippen molar-refractivity contribution < 1.29 is 4.79 Å². The largest absolute Gasteiger partial charge is 0.296 e. The topological polar surface area (TPSA) is 17.1 Å². The Bertz CT molecular complexity index is 542. The van der Waals surface area contributed by atoms with E-state index < -0.39 is 10.3 Å². The molecule has 0 bridgehead atoms. The smallest absolute Gasteiger partial charge is 0.168 e. The number of alkyl halides is 1. The molecule has 0 saturated heterocycles. The van der Waals surface area contributed by atoms with Gasteiger partial charge in [-0.15, -0.1) is 11.6 Å². The van der Waals surface area contributed by atoms with Gasteiger partial charge in [-0.25, -0.2) is 0 Å². The predicted molar refractivity (Wildman–Crippen MR) is 84.0 cm³/mol. The molecule has 104 valence electrons. The number of hydrogen-bond acceptors (Lipinski definition) is 1. The van der Waals surface area contributed by atoms with Crippen molar-refractivity contribution in [2.24, 2.45) is 5.41 Å². The summed E-state index contributed by atoms with van der Waals surface area (Å²) >= 11 is 6.88. The van der Waals surface area contributed by atoms with E-state index >= 15 is 0 Å². The third-order valence-corrected chi connectivity index (χ3v) is 3.95. The zero-order valence-corrected chi connectivity index (χ0v) is 12.8. The average molecular weight is 287 g/mol. The molecule has 20 heavy (non-hydrogen) atoms. The number of carbonyl (C=O) groups excluding carboxylic acids is 1. The second-order valence-corrected chi connectivity index (χ2v) is 6.54. The van der Waals surface area contributed by atoms with Gasteiger partial charge in [0.15, 0.2) is 10.7 Å². The Balaban J connectivity index is 2.65. The Hall–Kier alpha value is -1.60. The summed E-state index contributed by atoms with van der Waals surface area (Å²) in [5.74, 6) is 0.00377. The number of ketones is 1. The highest BCUT2D eigenvalue weighted by molar-refractivity contribution is 6.38. The highest BCUT2D eigenvalue weighted by atomic mass is 35.5. The Morgan fingerprint density at radius 1 is 0.800 bits per heavy atom. The van der Waals surface area contributed by atoms with E-state index in [1.807, 2.05) is 81.4 Å². The highest BCUT2D eigenvalue weighted by Gasteiger charge is 2.44. The quantitative estimate of drug-likeness (QED) is 0.742. The molecule has 0 N–H and O–H groups in total. The van der Waals surface area contributed by atoms with Crippen LogP contribution in [0.15, 0.2) is 60.7 Å². The zero-order chi connectivity index (χ0) is 14.8. The third kappa shape index (κ3) is 2.64. The second-order valence-electron chi connectivity index (χ2n) is 5.97. The maximum Gasteiger partial charge on any atom is 0.168 e. The SMILES string of the molecule is CC(C)(C)C(=O)C(Cl)(c1ccccc1)c1ccccc1. The van der Waals surface area contributed by atoms with Gasteiger partial charge in [0.05, 0.1) is 0 Å². The van der Waals surface area contributed by atoms with Crippen molar-refractivity contribution in [3.05, 3.63) is 71.8 Å². The molecule has 0 heterocycles. The molecule has 0 spiro atoms. The average Bonchev–Trinajstić information content (AvgIpc) is 2.46. The maximum atomic E-state index is 13.0. The number of carbonyl (C=O) groups is 1. The molecule has 2 aromatic carbocycles. The summed E-state index contributed by atoms with van der Waals surface area (Å²) in [6, 6.07) is 19.1. The molecule has 0 radical (unpaired) electrons. The minimum atomic E-state index is -1.14. The molecule has 0 atom stereocenters. The van der Waals surface area contributed by atoms with Gasteiger partial charge in [-0.2, -0.15) is 0 Å². The first-order valence-corrected chi connectivity index (χ1v) is 7.09. The molecule has 2 rings (SSSR count). The van der Waals surface area contributed by atoms with E-state index in [-0.39, 0.29) is 5.78 Å². The van der Waals surface area contributed by atoms with Crippen LogP contribution in [0.25, 0.3) is 0 Å². The Labute approximate surface area is 125 Å². The standard InChI is InChI=1S/C18H19ClO/c1-17(2,3)16(20)18(19,14-10-6-4-7-11-14)15-12-8-5-9-13-15/h4-13H,1-3H3. The first kappa shape index (κ1) is 14.8. The van der Waals surface area contributed by atoms with Crippen LogP contribution in [0.1, 0.15) is 31.9 Å². The lowest BCUT2D eigenvalue weighted by Gasteiger charge is -2.33. The van der Waals surface area contributed by atoms with Gasteiger partial charge in [0.1, 0.15) is 0 Å². The van der Waals surface area contributed by atoms with Crippen LogP contribution in [0.5, 0.6) is 0 Å². The van der Waals surface area contributed by atoms with Gasteiger partial charge < -0.3 is 0 Å². The van der Waals surface area contributed by atoms with E-state index in [0.717, 1.165) is 11.1 Å². The Kier molecular flexibility index (Phi) is 4.01. The molecule has 0 amide bonds. The molecule has 2 aromatic rings. The van der Waals surface area contributed by atoms with Gasteiger partial charge in [-0.3, -0.25) is 4.79 Å². The first-order chi connectivity index (χ1) is 9.37. The fourth-order valence-corrected chi connectivity index (χ4v) is 2.82. The number of Topliss-reactive ketones (excluding diaryl/α,β-unsaturated/α-hetero) is 1. The minimum Gasteiger partial charge on any atom is -0.296 e. The molecular formula is C18H19ClO. The summed E-state index contributed by atoms with van der Waals surface area (Å²) in [6.07, 6.45) is 0. The van der Waals surface area contributed by atoms with Crippen molar-refractivity contribution >= 4 is 17.4 Å². The van der Waals surface area contributed by atoms with Crippen molar-refractivity contribution in [3.8, 4) is 0 Å². The number of halogens is 1. The van der Waals surface area contributed by atoms with Gasteiger partial charge in [0.25, 0.3) is 0 Å². The van der Waals surface area contributed by atoms with Crippen LogP contribution >= 0.6 is 11.6 Å². The molecule has 0 saturated carbocycles. The third-order valence-electron chi connectivity index (χ3n) is 3.34. The molecule has 0 aromatic heterocycles. The normalized spacial score (nSPS) is 12.2. The minimum absolute atomic E-state index is 0.00377. The van der Waals surface area contributed by atoms with E-state index in [0.29, 0.717) is 0 Å². The van der Waals surface area contributed by atoms with Crippen LogP contribution in [-0.4, -0.2) is 5.78 Å².